The van der Waals surface area contributed by atoms with E-state index in [0.29, 0.717) is 36.0 Å². The van der Waals surface area contributed by atoms with Crippen LogP contribution in [0.1, 0.15) is 30.0 Å². The van der Waals surface area contributed by atoms with Crippen molar-refractivity contribution < 1.29 is 13.6 Å². The molecule has 9 heteroatoms. The molecule has 0 saturated carbocycles. The Morgan fingerprint density at radius 2 is 1.83 bits per heavy atom. The Morgan fingerprint density at radius 1 is 1.06 bits per heavy atom. The SMILES string of the molecule is Cc1cc(NC(=O)N2CCCC(c3cc(-c4ccc(F)cc4)nn3-c3ncccn3)C2)ccc1F. The predicted octanol–water partition coefficient (Wildman–Crippen LogP) is 5.33. The summed E-state index contributed by atoms with van der Waals surface area (Å²) in [6.07, 6.45) is 4.97. The van der Waals surface area contributed by atoms with Gasteiger partial charge in [0.05, 0.1) is 11.4 Å². The van der Waals surface area contributed by atoms with Crippen LogP contribution in [-0.4, -0.2) is 43.8 Å². The first-order chi connectivity index (χ1) is 17.0. The second-order valence-electron chi connectivity index (χ2n) is 8.60. The molecule has 2 amide bonds. The highest BCUT2D eigenvalue weighted by Gasteiger charge is 2.29. The lowest BCUT2D eigenvalue weighted by Gasteiger charge is -2.32. The monoisotopic (exact) mass is 474 g/mol. The number of likely N-dealkylation sites (tertiary alicyclic amines) is 1. The normalized spacial score (nSPS) is 15.7. The summed E-state index contributed by atoms with van der Waals surface area (Å²) < 4.78 is 28.7. The summed E-state index contributed by atoms with van der Waals surface area (Å²) in [5.74, 6) is -0.200. The van der Waals surface area contributed by atoms with Crippen LogP contribution in [0.25, 0.3) is 17.2 Å². The molecule has 1 unspecified atom stereocenters. The van der Waals surface area contributed by atoms with Crippen LogP contribution in [0.2, 0.25) is 0 Å². The largest absolute Gasteiger partial charge is 0.324 e. The molecular weight excluding hydrogens is 450 g/mol. The molecule has 1 aliphatic heterocycles. The zero-order valence-electron chi connectivity index (χ0n) is 19.2. The Bertz CT molecular complexity index is 1340. The fourth-order valence-corrected chi connectivity index (χ4v) is 4.34. The molecule has 1 N–H and O–H groups in total. The van der Waals surface area contributed by atoms with E-state index in [-0.39, 0.29) is 23.6 Å². The third-order valence-electron chi connectivity index (χ3n) is 6.15. The zero-order chi connectivity index (χ0) is 24.4. The number of urea groups is 1. The minimum Gasteiger partial charge on any atom is -0.324 e. The van der Waals surface area contributed by atoms with Crippen molar-refractivity contribution in [1.82, 2.24) is 24.6 Å². The topological polar surface area (TPSA) is 75.9 Å². The number of aromatic nitrogens is 4. The summed E-state index contributed by atoms with van der Waals surface area (Å²) in [6, 6.07) is 14.1. The van der Waals surface area contributed by atoms with Crippen molar-refractivity contribution in [2.75, 3.05) is 18.4 Å². The van der Waals surface area contributed by atoms with Gasteiger partial charge in [0.2, 0.25) is 0 Å². The van der Waals surface area contributed by atoms with Crippen molar-refractivity contribution >= 4 is 11.7 Å². The molecule has 1 fully saturated rings. The van der Waals surface area contributed by atoms with Gasteiger partial charge in [0.25, 0.3) is 5.95 Å². The molecule has 3 heterocycles. The molecule has 0 bridgehead atoms. The van der Waals surface area contributed by atoms with E-state index >= 15 is 0 Å². The van der Waals surface area contributed by atoms with Gasteiger partial charge in [0, 0.05) is 42.7 Å². The van der Waals surface area contributed by atoms with Crippen LogP contribution in [0, 0.1) is 18.6 Å². The maximum atomic E-state index is 13.6. The number of hydrogen-bond acceptors (Lipinski definition) is 4. The van der Waals surface area contributed by atoms with Gasteiger partial charge in [-0.3, -0.25) is 0 Å². The minimum absolute atomic E-state index is 0.00467. The van der Waals surface area contributed by atoms with Crippen molar-refractivity contribution in [2.45, 2.75) is 25.7 Å². The first-order valence-corrected chi connectivity index (χ1v) is 11.4. The van der Waals surface area contributed by atoms with Gasteiger partial charge in [0.1, 0.15) is 11.6 Å². The maximum Gasteiger partial charge on any atom is 0.321 e. The highest BCUT2D eigenvalue weighted by Crippen LogP contribution is 2.32. The Kier molecular flexibility index (Phi) is 6.22. The van der Waals surface area contributed by atoms with Crippen LogP contribution in [0.4, 0.5) is 19.3 Å². The summed E-state index contributed by atoms with van der Waals surface area (Å²) in [5, 5.41) is 7.60. The number of halogens is 2. The van der Waals surface area contributed by atoms with Crippen LogP contribution in [0.5, 0.6) is 0 Å². The van der Waals surface area contributed by atoms with Gasteiger partial charge in [-0.25, -0.2) is 28.2 Å². The maximum absolute atomic E-state index is 13.6. The van der Waals surface area contributed by atoms with Crippen molar-refractivity contribution in [3.05, 3.63) is 89.9 Å². The molecule has 178 valence electrons. The average Bonchev–Trinajstić information content (AvgIpc) is 3.33. The molecule has 1 aliphatic rings. The number of aryl methyl sites for hydroxylation is 1. The summed E-state index contributed by atoms with van der Waals surface area (Å²) in [6.45, 7) is 2.75. The highest BCUT2D eigenvalue weighted by atomic mass is 19.1. The van der Waals surface area contributed by atoms with E-state index in [1.165, 1.54) is 18.2 Å². The zero-order valence-corrected chi connectivity index (χ0v) is 19.2. The molecule has 0 aliphatic carbocycles. The molecule has 0 spiro atoms. The number of carbonyl (C=O) groups is 1. The summed E-state index contributed by atoms with van der Waals surface area (Å²) in [7, 11) is 0. The smallest absolute Gasteiger partial charge is 0.321 e. The fourth-order valence-electron chi connectivity index (χ4n) is 4.34. The van der Waals surface area contributed by atoms with Crippen LogP contribution >= 0.6 is 0 Å². The lowest BCUT2D eigenvalue weighted by atomic mass is 9.94. The first kappa shape index (κ1) is 22.6. The summed E-state index contributed by atoms with van der Waals surface area (Å²) in [5.41, 5.74) is 3.36. The lowest BCUT2D eigenvalue weighted by molar-refractivity contribution is 0.191. The molecular formula is C26H24F2N6O. The summed E-state index contributed by atoms with van der Waals surface area (Å²) in [4.78, 5) is 23.5. The van der Waals surface area contributed by atoms with E-state index in [9.17, 15) is 13.6 Å². The molecule has 35 heavy (non-hydrogen) atoms. The number of benzene rings is 2. The van der Waals surface area contributed by atoms with Gasteiger partial charge in [-0.2, -0.15) is 5.10 Å². The quantitative estimate of drug-likeness (QED) is 0.434. The van der Waals surface area contributed by atoms with Crippen LogP contribution in [0.3, 0.4) is 0 Å². The van der Waals surface area contributed by atoms with E-state index in [4.69, 9.17) is 5.10 Å². The number of piperidine rings is 1. The number of nitrogens with one attached hydrogen (secondary N) is 1. The van der Waals surface area contributed by atoms with Gasteiger partial charge in [-0.1, -0.05) is 0 Å². The van der Waals surface area contributed by atoms with Crippen LogP contribution in [0.15, 0.2) is 67.0 Å². The van der Waals surface area contributed by atoms with E-state index in [1.54, 1.807) is 59.2 Å². The summed E-state index contributed by atoms with van der Waals surface area (Å²) >= 11 is 0. The first-order valence-electron chi connectivity index (χ1n) is 11.4. The molecule has 4 aromatic rings. The van der Waals surface area contributed by atoms with Gasteiger partial charge in [-0.15, -0.1) is 0 Å². The second kappa shape index (κ2) is 9.61. The molecule has 5 rings (SSSR count). The third kappa shape index (κ3) is 4.89. The molecule has 2 aromatic heterocycles. The molecule has 2 aromatic carbocycles. The van der Waals surface area contributed by atoms with Crippen LogP contribution < -0.4 is 5.32 Å². The molecule has 7 nitrogen and oxygen atoms in total. The van der Waals surface area contributed by atoms with E-state index in [2.05, 4.69) is 15.3 Å². The number of anilines is 1. The van der Waals surface area contributed by atoms with E-state index in [0.717, 1.165) is 24.1 Å². The number of carbonyl (C=O) groups excluding carboxylic acids is 1. The molecule has 1 saturated heterocycles. The van der Waals surface area contributed by atoms with Crippen molar-refractivity contribution in [3.63, 3.8) is 0 Å². The number of rotatable bonds is 4. The standard InChI is InChI=1S/C26H24F2N6O/c1-17-14-21(9-10-22(17)28)31-26(35)33-13-2-4-19(16-33)24-15-23(18-5-7-20(27)8-6-18)32-34(24)25-29-11-3-12-30-25/h3,5-12,14-15,19H,2,4,13,16H2,1H3,(H,31,35). The highest BCUT2D eigenvalue weighted by molar-refractivity contribution is 5.89. The van der Waals surface area contributed by atoms with Gasteiger partial charge in [-0.05, 0) is 79.9 Å². The van der Waals surface area contributed by atoms with Gasteiger partial charge >= 0.3 is 6.03 Å². The van der Waals surface area contributed by atoms with Crippen molar-refractivity contribution in [3.8, 4) is 17.2 Å². The van der Waals surface area contributed by atoms with Crippen molar-refractivity contribution in [1.29, 1.82) is 0 Å². The number of nitrogens with zero attached hydrogens (tertiary/aromatic N) is 5. The Labute approximate surface area is 201 Å². The number of amides is 2. The van der Waals surface area contributed by atoms with E-state index < -0.39 is 0 Å². The van der Waals surface area contributed by atoms with E-state index in [1.807, 2.05) is 6.07 Å². The lowest BCUT2D eigenvalue weighted by Crippen LogP contribution is -2.42. The second-order valence-corrected chi connectivity index (χ2v) is 8.60. The third-order valence-corrected chi connectivity index (χ3v) is 6.15. The molecule has 0 radical (unpaired) electrons. The molecule has 1 atom stereocenters. The minimum atomic E-state index is -0.315. The van der Waals surface area contributed by atoms with Gasteiger partial charge in [0.15, 0.2) is 0 Å². The average molecular weight is 475 g/mol. The van der Waals surface area contributed by atoms with Gasteiger partial charge < -0.3 is 10.2 Å². The Balaban J connectivity index is 1.42. The number of hydrogen-bond donors (Lipinski definition) is 1. The predicted molar refractivity (Wildman–Crippen MR) is 128 cm³/mol. The fraction of sp³-hybridized carbons (Fsp3) is 0.231. The Hall–Kier alpha value is -4.14. The van der Waals surface area contributed by atoms with Crippen molar-refractivity contribution in [2.24, 2.45) is 0 Å². The Morgan fingerprint density at radius 3 is 2.57 bits per heavy atom. The van der Waals surface area contributed by atoms with Crippen LogP contribution in [-0.2, 0) is 0 Å².